The molecule has 0 spiro atoms. The molecule has 2 N–H and O–H groups in total. The van der Waals surface area contributed by atoms with Crippen LogP contribution in [0, 0.1) is 18.7 Å². The second-order valence-corrected chi connectivity index (χ2v) is 9.97. The van der Waals surface area contributed by atoms with Crippen LogP contribution in [0.2, 0.25) is 0 Å². The average Bonchev–Trinajstić information content (AvgIpc) is 3.34. The van der Waals surface area contributed by atoms with E-state index < -0.39 is 5.82 Å². The lowest BCUT2D eigenvalue weighted by Gasteiger charge is -2.28. The number of ether oxygens (including phenoxy) is 3. The summed E-state index contributed by atoms with van der Waals surface area (Å²) >= 11 is 0. The van der Waals surface area contributed by atoms with Gasteiger partial charge in [0.25, 0.3) is 0 Å². The van der Waals surface area contributed by atoms with Crippen LogP contribution in [0.1, 0.15) is 35.7 Å². The third-order valence-electron chi connectivity index (χ3n) is 7.32. The fraction of sp³-hybridized carbons (Fsp3) is 0.300. The zero-order valence-electron chi connectivity index (χ0n) is 21.7. The first kappa shape index (κ1) is 25.1. The lowest BCUT2D eigenvalue weighted by atomic mass is 9.85. The van der Waals surface area contributed by atoms with Gasteiger partial charge in [-0.05, 0) is 56.0 Å². The van der Waals surface area contributed by atoms with E-state index in [-0.39, 0.29) is 12.5 Å². The fourth-order valence-corrected chi connectivity index (χ4v) is 5.31. The molecule has 2 aliphatic heterocycles. The minimum Gasteiger partial charge on any atom is -0.489 e. The maximum absolute atomic E-state index is 14.3. The zero-order chi connectivity index (χ0) is 26.8. The minimum atomic E-state index is -0.440. The van der Waals surface area contributed by atoms with E-state index in [0.717, 1.165) is 60.9 Å². The molecule has 4 aromatic rings. The molecule has 1 saturated heterocycles. The van der Waals surface area contributed by atoms with E-state index in [4.69, 9.17) is 19.9 Å². The molecule has 39 heavy (non-hydrogen) atoms. The molecule has 8 nitrogen and oxygen atoms in total. The van der Waals surface area contributed by atoms with Gasteiger partial charge in [-0.2, -0.15) is 0 Å². The Kier molecular flexibility index (Phi) is 6.98. The van der Waals surface area contributed by atoms with Crippen molar-refractivity contribution in [1.29, 1.82) is 0 Å². The number of rotatable bonds is 7. The summed E-state index contributed by atoms with van der Waals surface area (Å²) in [7, 11) is 0. The van der Waals surface area contributed by atoms with Crippen molar-refractivity contribution >= 4 is 17.2 Å². The number of halogens is 1. The summed E-state index contributed by atoms with van der Waals surface area (Å²) in [6, 6.07) is 15.9. The predicted molar refractivity (Wildman–Crippen MR) is 146 cm³/mol. The van der Waals surface area contributed by atoms with Gasteiger partial charge in [-0.15, -0.1) is 0 Å². The Labute approximate surface area is 226 Å². The van der Waals surface area contributed by atoms with Gasteiger partial charge in [0, 0.05) is 67.0 Å². The Morgan fingerprint density at radius 2 is 1.77 bits per heavy atom. The van der Waals surface area contributed by atoms with E-state index >= 15 is 0 Å². The number of nitrogen functional groups attached to an aromatic ring is 1. The highest BCUT2D eigenvalue weighted by molar-refractivity contribution is 5.78. The summed E-state index contributed by atoms with van der Waals surface area (Å²) in [4.78, 5) is 15.3. The van der Waals surface area contributed by atoms with Gasteiger partial charge < -0.3 is 24.8 Å². The number of nitrogens with zero attached hydrogens (tertiary/aromatic N) is 4. The second kappa shape index (κ2) is 10.9. The first-order chi connectivity index (χ1) is 19.0. The number of anilines is 3. The van der Waals surface area contributed by atoms with Crippen LogP contribution in [-0.4, -0.2) is 34.7 Å². The smallest absolute Gasteiger partial charge is 0.151 e. The standard InChI is InChI=1S/C30H30FN5O3/c1-19-2-3-20(15-33-19)17-38-25-12-22(31)13-26(14-25)39-24-6-4-23(5-7-24)36-16-27(21-8-10-37-11-9-21)28-29(36)30(32)35-18-34-28/h2-7,12-15,18,21,27H,8-11,16-17H2,1H3,(H2,32,34,35). The Balaban J connectivity index is 1.17. The lowest BCUT2D eigenvalue weighted by Crippen LogP contribution is -2.25. The Bertz CT molecular complexity index is 1440. The molecule has 2 aliphatic rings. The highest BCUT2D eigenvalue weighted by Crippen LogP contribution is 2.47. The summed E-state index contributed by atoms with van der Waals surface area (Å²) in [5, 5.41) is 0. The quantitative estimate of drug-likeness (QED) is 0.316. The van der Waals surface area contributed by atoms with Crippen LogP contribution in [0.25, 0.3) is 0 Å². The van der Waals surface area contributed by atoms with E-state index in [0.29, 0.717) is 29.0 Å². The number of aromatic nitrogens is 3. The summed E-state index contributed by atoms with van der Waals surface area (Å²) in [5.74, 6) is 2.11. The first-order valence-corrected chi connectivity index (χ1v) is 13.1. The molecule has 0 radical (unpaired) electrons. The molecule has 0 amide bonds. The number of pyridine rings is 1. The third kappa shape index (κ3) is 5.49. The van der Waals surface area contributed by atoms with Crippen molar-refractivity contribution in [2.45, 2.75) is 32.3 Å². The van der Waals surface area contributed by atoms with E-state index in [1.54, 1.807) is 18.6 Å². The van der Waals surface area contributed by atoms with Crippen molar-refractivity contribution in [3.05, 3.63) is 89.9 Å². The Morgan fingerprint density at radius 3 is 2.54 bits per heavy atom. The maximum Gasteiger partial charge on any atom is 0.151 e. The monoisotopic (exact) mass is 527 g/mol. The lowest BCUT2D eigenvalue weighted by molar-refractivity contribution is 0.0591. The minimum absolute atomic E-state index is 0.270. The SMILES string of the molecule is Cc1ccc(COc2cc(F)cc(Oc3ccc(N4CC(C5CCOCC5)c5ncnc(N)c54)cc3)c2)cn1. The van der Waals surface area contributed by atoms with Crippen molar-refractivity contribution in [3.63, 3.8) is 0 Å². The molecular formula is C30H30FN5O3. The van der Waals surface area contributed by atoms with Crippen molar-refractivity contribution in [3.8, 4) is 17.2 Å². The number of fused-ring (bicyclic) bond motifs is 1. The molecule has 0 saturated carbocycles. The topological polar surface area (TPSA) is 95.6 Å². The molecule has 200 valence electrons. The summed E-state index contributed by atoms with van der Waals surface area (Å²) in [6.07, 6.45) is 5.32. The van der Waals surface area contributed by atoms with Gasteiger partial charge in [0.05, 0.1) is 5.69 Å². The van der Waals surface area contributed by atoms with Gasteiger partial charge in [-0.3, -0.25) is 4.98 Å². The van der Waals surface area contributed by atoms with Gasteiger partial charge in [0.2, 0.25) is 0 Å². The van der Waals surface area contributed by atoms with Gasteiger partial charge in [-0.25, -0.2) is 14.4 Å². The van der Waals surface area contributed by atoms with Gasteiger partial charge in [0.1, 0.15) is 41.7 Å². The van der Waals surface area contributed by atoms with Crippen molar-refractivity contribution in [2.24, 2.45) is 5.92 Å². The molecule has 1 fully saturated rings. The zero-order valence-corrected chi connectivity index (χ0v) is 21.7. The Hall–Kier alpha value is -4.24. The second-order valence-electron chi connectivity index (χ2n) is 9.97. The summed E-state index contributed by atoms with van der Waals surface area (Å²) in [5.41, 5.74) is 11.0. The number of benzene rings is 2. The van der Waals surface area contributed by atoms with Crippen LogP contribution in [0.4, 0.5) is 21.6 Å². The van der Waals surface area contributed by atoms with Gasteiger partial charge >= 0.3 is 0 Å². The van der Waals surface area contributed by atoms with Crippen molar-refractivity contribution in [1.82, 2.24) is 15.0 Å². The normalized spacial score (nSPS) is 17.2. The van der Waals surface area contributed by atoms with E-state index in [2.05, 4.69) is 19.9 Å². The molecule has 0 aliphatic carbocycles. The Morgan fingerprint density at radius 1 is 0.974 bits per heavy atom. The highest BCUT2D eigenvalue weighted by atomic mass is 19.1. The number of hydrogen-bond donors (Lipinski definition) is 1. The van der Waals surface area contributed by atoms with Crippen LogP contribution in [-0.2, 0) is 11.3 Å². The summed E-state index contributed by atoms with van der Waals surface area (Å²) in [6.45, 7) is 4.54. The molecule has 2 aromatic heterocycles. The van der Waals surface area contributed by atoms with Crippen LogP contribution < -0.4 is 20.1 Å². The van der Waals surface area contributed by atoms with Crippen LogP contribution in [0.15, 0.2) is 67.1 Å². The summed E-state index contributed by atoms with van der Waals surface area (Å²) < 4.78 is 31.7. The number of hydrogen-bond acceptors (Lipinski definition) is 8. The maximum atomic E-state index is 14.3. The molecule has 1 unspecified atom stereocenters. The molecule has 6 rings (SSSR count). The first-order valence-electron chi connectivity index (χ1n) is 13.1. The van der Waals surface area contributed by atoms with Crippen molar-refractivity contribution in [2.75, 3.05) is 30.4 Å². The predicted octanol–water partition coefficient (Wildman–Crippen LogP) is 5.93. The van der Waals surface area contributed by atoms with Crippen LogP contribution in [0.5, 0.6) is 17.2 Å². The van der Waals surface area contributed by atoms with Crippen molar-refractivity contribution < 1.29 is 18.6 Å². The van der Waals surface area contributed by atoms with E-state index in [1.807, 2.05) is 43.3 Å². The molecule has 9 heteroatoms. The van der Waals surface area contributed by atoms with Crippen LogP contribution in [0.3, 0.4) is 0 Å². The fourth-order valence-electron chi connectivity index (χ4n) is 5.31. The molecular weight excluding hydrogens is 497 g/mol. The van der Waals surface area contributed by atoms with E-state index in [9.17, 15) is 4.39 Å². The molecule has 4 heterocycles. The number of nitrogens with two attached hydrogens (primary N) is 1. The third-order valence-corrected chi connectivity index (χ3v) is 7.32. The number of aryl methyl sites for hydroxylation is 1. The van der Waals surface area contributed by atoms with Gasteiger partial charge in [0.15, 0.2) is 5.82 Å². The van der Waals surface area contributed by atoms with E-state index in [1.165, 1.54) is 12.1 Å². The van der Waals surface area contributed by atoms with Crippen LogP contribution >= 0.6 is 0 Å². The van der Waals surface area contributed by atoms with Gasteiger partial charge in [-0.1, -0.05) is 6.07 Å². The molecule has 0 bridgehead atoms. The molecule has 1 atom stereocenters. The average molecular weight is 528 g/mol. The molecule has 2 aromatic carbocycles. The largest absolute Gasteiger partial charge is 0.489 e. The highest BCUT2D eigenvalue weighted by Gasteiger charge is 2.38.